The van der Waals surface area contributed by atoms with E-state index in [2.05, 4.69) is 5.32 Å². The van der Waals surface area contributed by atoms with Gasteiger partial charge in [0.05, 0.1) is 18.8 Å². The van der Waals surface area contributed by atoms with E-state index in [-0.39, 0.29) is 5.69 Å². The van der Waals surface area contributed by atoms with Crippen molar-refractivity contribution in [2.24, 2.45) is 0 Å². The highest BCUT2D eigenvalue weighted by molar-refractivity contribution is 5.94. The van der Waals surface area contributed by atoms with Crippen LogP contribution in [0.3, 0.4) is 0 Å². The van der Waals surface area contributed by atoms with Crippen molar-refractivity contribution in [3.63, 3.8) is 0 Å². The summed E-state index contributed by atoms with van der Waals surface area (Å²) in [6.07, 6.45) is 0. The number of anilines is 1. The molecule has 2 rings (SSSR count). The zero-order chi connectivity index (χ0) is 19.1. The summed E-state index contributed by atoms with van der Waals surface area (Å²) in [7, 11) is 3.31. The molecule has 7 heteroatoms. The Kier molecular flexibility index (Phi) is 6.91. The second-order valence-corrected chi connectivity index (χ2v) is 5.77. The van der Waals surface area contributed by atoms with Gasteiger partial charge in [-0.2, -0.15) is 0 Å². The molecular formula is C19H22F2N2O3. The van der Waals surface area contributed by atoms with Crippen molar-refractivity contribution in [3.05, 3.63) is 54.1 Å². The first-order valence-electron chi connectivity index (χ1n) is 8.14. The maximum atomic E-state index is 13.6. The number of halogens is 2. The second-order valence-electron chi connectivity index (χ2n) is 5.77. The van der Waals surface area contributed by atoms with Crippen LogP contribution >= 0.6 is 0 Å². The first kappa shape index (κ1) is 19.7. The number of rotatable bonds is 8. The van der Waals surface area contributed by atoms with Crippen LogP contribution in [0.1, 0.15) is 6.92 Å². The SMILES string of the molecule is COc1ccccc1OCCN(C)C(C)C(=O)Nc1cc(F)ccc1F. The fraction of sp³-hybridized carbons (Fsp3) is 0.316. The first-order chi connectivity index (χ1) is 12.4. The number of para-hydroxylation sites is 2. The summed E-state index contributed by atoms with van der Waals surface area (Å²) in [4.78, 5) is 14.0. The maximum absolute atomic E-state index is 13.6. The van der Waals surface area contributed by atoms with Crippen LogP contribution in [0.2, 0.25) is 0 Å². The lowest BCUT2D eigenvalue weighted by Gasteiger charge is -2.24. The topological polar surface area (TPSA) is 50.8 Å². The number of methoxy groups -OCH3 is 1. The highest BCUT2D eigenvalue weighted by Gasteiger charge is 2.19. The van der Waals surface area contributed by atoms with Gasteiger partial charge in [-0.15, -0.1) is 0 Å². The lowest BCUT2D eigenvalue weighted by molar-refractivity contribution is -0.120. The summed E-state index contributed by atoms with van der Waals surface area (Å²) in [5, 5.41) is 2.40. The van der Waals surface area contributed by atoms with Gasteiger partial charge in [0.25, 0.3) is 0 Å². The quantitative estimate of drug-likeness (QED) is 0.781. The summed E-state index contributed by atoms with van der Waals surface area (Å²) in [6.45, 7) is 2.47. The zero-order valence-corrected chi connectivity index (χ0v) is 15.0. The summed E-state index contributed by atoms with van der Waals surface area (Å²) in [6, 6.07) is 9.63. The average Bonchev–Trinajstić information content (AvgIpc) is 2.64. The molecule has 1 atom stereocenters. The van der Waals surface area contributed by atoms with Gasteiger partial charge in [0.1, 0.15) is 18.2 Å². The van der Waals surface area contributed by atoms with Crippen molar-refractivity contribution >= 4 is 11.6 Å². The van der Waals surface area contributed by atoms with Crippen molar-refractivity contribution in [2.45, 2.75) is 13.0 Å². The van der Waals surface area contributed by atoms with Crippen LogP contribution in [0.4, 0.5) is 14.5 Å². The number of benzene rings is 2. The fourth-order valence-electron chi connectivity index (χ4n) is 2.26. The minimum atomic E-state index is -0.686. The normalized spacial score (nSPS) is 11.9. The number of carbonyl (C=O) groups is 1. The largest absolute Gasteiger partial charge is 0.493 e. The Labute approximate surface area is 151 Å². The highest BCUT2D eigenvalue weighted by Crippen LogP contribution is 2.25. The minimum Gasteiger partial charge on any atom is -0.493 e. The van der Waals surface area contributed by atoms with E-state index in [0.29, 0.717) is 24.7 Å². The Morgan fingerprint density at radius 3 is 2.58 bits per heavy atom. The van der Waals surface area contributed by atoms with E-state index in [1.165, 1.54) is 0 Å². The lowest BCUT2D eigenvalue weighted by Crippen LogP contribution is -2.41. The Morgan fingerprint density at radius 2 is 1.88 bits per heavy atom. The molecule has 1 amide bonds. The molecule has 0 saturated heterocycles. The molecule has 0 saturated carbocycles. The van der Waals surface area contributed by atoms with Gasteiger partial charge in [0.2, 0.25) is 5.91 Å². The number of amides is 1. The van der Waals surface area contributed by atoms with Crippen molar-refractivity contribution in [1.82, 2.24) is 4.90 Å². The third-order valence-corrected chi connectivity index (χ3v) is 4.00. The minimum absolute atomic E-state index is 0.180. The van der Waals surface area contributed by atoms with Gasteiger partial charge in [-0.1, -0.05) is 12.1 Å². The molecule has 0 aromatic heterocycles. The van der Waals surface area contributed by atoms with Gasteiger partial charge in [-0.05, 0) is 38.2 Å². The Balaban J connectivity index is 1.87. The smallest absolute Gasteiger partial charge is 0.241 e. The summed E-state index contributed by atoms with van der Waals surface area (Å²) in [5.41, 5.74) is -0.180. The molecule has 1 N–H and O–H groups in total. The number of likely N-dealkylation sites (N-methyl/N-ethyl adjacent to an activating group) is 1. The van der Waals surface area contributed by atoms with Crippen LogP contribution in [0.5, 0.6) is 11.5 Å². The monoisotopic (exact) mass is 364 g/mol. The molecule has 5 nitrogen and oxygen atoms in total. The first-order valence-corrected chi connectivity index (χ1v) is 8.14. The molecular weight excluding hydrogens is 342 g/mol. The lowest BCUT2D eigenvalue weighted by atomic mass is 10.2. The molecule has 0 spiro atoms. The standard InChI is InChI=1S/C19H22F2N2O3/c1-13(19(24)22-16-12-14(20)8-9-15(16)21)23(2)10-11-26-18-7-5-4-6-17(18)25-3/h4-9,12-13H,10-11H2,1-3H3,(H,22,24). The predicted molar refractivity (Wildman–Crippen MR) is 95.6 cm³/mol. The summed E-state index contributed by atoms with van der Waals surface area (Å²) >= 11 is 0. The van der Waals surface area contributed by atoms with Crippen LogP contribution in [-0.2, 0) is 4.79 Å². The molecule has 140 valence electrons. The van der Waals surface area contributed by atoms with Crippen molar-refractivity contribution < 1.29 is 23.0 Å². The van der Waals surface area contributed by atoms with Crippen LogP contribution in [-0.4, -0.2) is 44.2 Å². The third kappa shape index (κ3) is 5.16. The van der Waals surface area contributed by atoms with Crippen molar-refractivity contribution in [2.75, 3.05) is 32.6 Å². The van der Waals surface area contributed by atoms with Crippen LogP contribution < -0.4 is 14.8 Å². The third-order valence-electron chi connectivity index (χ3n) is 4.00. The molecule has 0 aliphatic carbocycles. The molecule has 2 aromatic rings. The number of carbonyl (C=O) groups excluding carboxylic acids is 1. The van der Waals surface area contributed by atoms with Gasteiger partial charge < -0.3 is 14.8 Å². The van der Waals surface area contributed by atoms with Gasteiger partial charge >= 0.3 is 0 Å². The van der Waals surface area contributed by atoms with Gasteiger partial charge in [0, 0.05) is 12.6 Å². The fourth-order valence-corrected chi connectivity index (χ4v) is 2.26. The Morgan fingerprint density at radius 1 is 1.19 bits per heavy atom. The van der Waals surface area contributed by atoms with Crippen molar-refractivity contribution in [1.29, 1.82) is 0 Å². The zero-order valence-electron chi connectivity index (χ0n) is 15.0. The van der Waals surface area contributed by atoms with E-state index in [0.717, 1.165) is 18.2 Å². The Hall–Kier alpha value is -2.67. The number of hydrogen-bond donors (Lipinski definition) is 1. The molecule has 26 heavy (non-hydrogen) atoms. The van der Waals surface area contributed by atoms with Gasteiger partial charge in [0.15, 0.2) is 11.5 Å². The highest BCUT2D eigenvalue weighted by atomic mass is 19.1. The summed E-state index contributed by atoms with van der Waals surface area (Å²) in [5.74, 6) is -0.499. The maximum Gasteiger partial charge on any atom is 0.241 e. The molecule has 2 aromatic carbocycles. The van der Waals surface area contributed by atoms with E-state index in [9.17, 15) is 13.6 Å². The average molecular weight is 364 g/mol. The van der Waals surface area contributed by atoms with E-state index in [1.807, 2.05) is 12.1 Å². The van der Waals surface area contributed by atoms with Gasteiger partial charge in [-0.25, -0.2) is 8.78 Å². The number of nitrogens with zero attached hydrogens (tertiary/aromatic N) is 1. The molecule has 0 heterocycles. The van der Waals surface area contributed by atoms with Crippen LogP contribution in [0, 0.1) is 11.6 Å². The predicted octanol–water partition coefficient (Wildman–Crippen LogP) is 3.31. The molecule has 0 aliphatic heterocycles. The van der Waals surface area contributed by atoms with E-state index < -0.39 is 23.6 Å². The number of ether oxygens (including phenoxy) is 2. The van der Waals surface area contributed by atoms with Gasteiger partial charge in [-0.3, -0.25) is 9.69 Å². The molecule has 0 aliphatic rings. The van der Waals surface area contributed by atoms with E-state index >= 15 is 0 Å². The second kappa shape index (κ2) is 9.15. The van der Waals surface area contributed by atoms with Crippen LogP contribution in [0.25, 0.3) is 0 Å². The van der Waals surface area contributed by atoms with Crippen LogP contribution in [0.15, 0.2) is 42.5 Å². The number of nitrogens with one attached hydrogen (secondary N) is 1. The summed E-state index contributed by atoms with van der Waals surface area (Å²) < 4.78 is 37.7. The molecule has 0 fully saturated rings. The number of hydrogen-bond acceptors (Lipinski definition) is 4. The van der Waals surface area contributed by atoms with E-state index in [1.54, 1.807) is 38.1 Å². The van der Waals surface area contributed by atoms with E-state index in [4.69, 9.17) is 9.47 Å². The molecule has 0 radical (unpaired) electrons. The molecule has 1 unspecified atom stereocenters. The molecule has 0 bridgehead atoms. The Bertz CT molecular complexity index is 755. The van der Waals surface area contributed by atoms with Crippen molar-refractivity contribution in [3.8, 4) is 11.5 Å².